The number of Topliss-reactive ketones (excluding diaryl/α,β-unsaturated/α-hetero) is 1. The van der Waals surface area contributed by atoms with Gasteiger partial charge in [-0.15, -0.1) is 11.8 Å². The average Bonchev–Trinajstić information content (AvgIpc) is 2.68. The molecule has 1 aliphatic carbocycles. The van der Waals surface area contributed by atoms with Crippen LogP contribution in [0.1, 0.15) is 34.6 Å². The van der Waals surface area contributed by atoms with Crippen molar-refractivity contribution < 1.29 is 35.9 Å². The lowest BCUT2D eigenvalue weighted by atomic mass is 9.50. The maximum atomic E-state index is 14.0. The molecule has 1 N–H and O–H groups in total. The molecule has 0 aromatic rings. The van der Waals surface area contributed by atoms with Crippen LogP contribution in [0.2, 0.25) is 0 Å². The van der Waals surface area contributed by atoms with Crippen molar-refractivity contribution >= 4 is 23.3 Å². The second kappa shape index (κ2) is 6.40. The van der Waals surface area contributed by atoms with Crippen molar-refractivity contribution in [3.8, 4) is 6.07 Å². The number of hydrogen-bond acceptors (Lipinski definition) is 5. The second-order valence-corrected chi connectivity index (χ2v) is 9.63. The van der Waals surface area contributed by atoms with E-state index in [1.165, 1.54) is 27.7 Å². The SMILES string of the molecule is CC(=O)/C=C1\NC2(SCC(C#N)(C(F)(F)F)C1C(F)(F)F)C(C)(C)C(=O)C2(C)C. The molecule has 1 spiro atoms. The summed E-state index contributed by atoms with van der Waals surface area (Å²) in [6.45, 7) is 6.57. The lowest BCUT2D eigenvalue weighted by molar-refractivity contribution is -0.264. The van der Waals surface area contributed by atoms with Gasteiger partial charge in [-0.3, -0.25) is 9.59 Å². The molecule has 1 saturated heterocycles. The Morgan fingerprint density at radius 3 is 2.00 bits per heavy atom. The zero-order chi connectivity index (χ0) is 22.8. The molecule has 0 aromatic carbocycles. The van der Waals surface area contributed by atoms with E-state index < -0.39 is 56.6 Å². The molecule has 1 heterocycles. The van der Waals surface area contributed by atoms with Crippen molar-refractivity contribution in [1.82, 2.24) is 5.32 Å². The third-order valence-corrected chi connectivity index (χ3v) is 8.08. The molecular weight excluding hydrogens is 422 g/mol. The van der Waals surface area contributed by atoms with Crippen LogP contribution in [0, 0.1) is 33.5 Å². The third-order valence-electron chi connectivity index (χ3n) is 5.93. The van der Waals surface area contributed by atoms with Crippen molar-refractivity contribution in [3.63, 3.8) is 0 Å². The van der Waals surface area contributed by atoms with E-state index in [0.29, 0.717) is 17.8 Å². The fourth-order valence-corrected chi connectivity index (χ4v) is 6.51. The molecule has 0 amide bonds. The van der Waals surface area contributed by atoms with Crippen molar-refractivity contribution in [2.24, 2.45) is 22.2 Å². The zero-order valence-corrected chi connectivity index (χ0v) is 17.1. The molecule has 1 aliphatic heterocycles. The highest BCUT2D eigenvalue weighted by molar-refractivity contribution is 8.01. The first-order valence-corrected chi connectivity index (χ1v) is 9.54. The smallest absolute Gasteiger partial charge is 0.372 e. The van der Waals surface area contributed by atoms with Gasteiger partial charge in [0.1, 0.15) is 10.8 Å². The largest absolute Gasteiger partial charge is 0.409 e. The van der Waals surface area contributed by atoms with Gasteiger partial charge in [0.2, 0.25) is 0 Å². The minimum absolute atomic E-state index is 0.354. The summed E-state index contributed by atoms with van der Waals surface area (Å²) in [7, 11) is 0. The number of ketones is 2. The monoisotopic (exact) mass is 442 g/mol. The quantitative estimate of drug-likeness (QED) is 0.482. The number of hydrogen-bond donors (Lipinski definition) is 1. The topological polar surface area (TPSA) is 70.0 Å². The number of allylic oxidation sites excluding steroid dienone is 2. The summed E-state index contributed by atoms with van der Waals surface area (Å²) in [5, 5.41) is 11.9. The molecule has 2 aliphatic rings. The number of nitrogens with zero attached hydrogens (tertiary/aromatic N) is 1. The van der Waals surface area contributed by atoms with E-state index in [2.05, 4.69) is 5.32 Å². The summed E-state index contributed by atoms with van der Waals surface area (Å²) < 4.78 is 83.7. The number of rotatable bonds is 1. The molecule has 0 bridgehead atoms. The van der Waals surface area contributed by atoms with Crippen molar-refractivity contribution in [3.05, 3.63) is 11.8 Å². The number of carbonyl (C=O) groups excluding carboxylic acids is 2. The number of halogens is 6. The fourth-order valence-electron chi connectivity index (χ4n) is 4.58. The van der Waals surface area contributed by atoms with Crippen LogP contribution in [0.25, 0.3) is 0 Å². The van der Waals surface area contributed by atoms with Crippen LogP contribution < -0.4 is 5.32 Å². The van der Waals surface area contributed by atoms with E-state index >= 15 is 0 Å². The summed E-state index contributed by atoms with van der Waals surface area (Å²) in [6.07, 6.45) is -10.6. The summed E-state index contributed by atoms with van der Waals surface area (Å²) in [6, 6.07) is 0.866. The number of carbonyl (C=O) groups is 2. The van der Waals surface area contributed by atoms with Crippen LogP contribution in [-0.2, 0) is 9.59 Å². The van der Waals surface area contributed by atoms with Crippen molar-refractivity contribution in [2.75, 3.05) is 5.75 Å². The number of nitriles is 1. The summed E-state index contributed by atoms with van der Waals surface area (Å²) in [5.41, 5.74) is -7.57. The van der Waals surface area contributed by atoms with E-state index in [1.807, 2.05) is 0 Å². The van der Waals surface area contributed by atoms with Crippen molar-refractivity contribution in [2.45, 2.75) is 51.8 Å². The van der Waals surface area contributed by atoms with Gasteiger partial charge < -0.3 is 5.32 Å². The highest BCUT2D eigenvalue weighted by Gasteiger charge is 2.78. The van der Waals surface area contributed by atoms with Gasteiger partial charge in [-0.1, -0.05) is 0 Å². The highest BCUT2D eigenvalue weighted by Crippen LogP contribution is 2.68. The predicted octanol–water partition coefficient (Wildman–Crippen LogP) is 4.38. The Bertz CT molecular complexity index is 804. The van der Waals surface area contributed by atoms with Crippen LogP contribution in [0.3, 0.4) is 0 Å². The fraction of sp³-hybridized carbons (Fsp3) is 0.722. The van der Waals surface area contributed by atoms with E-state index in [-0.39, 0.29) is 5.78 Å². The van der Waals surface area contributed by atoms with Crippen LogP contribution in [0.5, 0.6) is 0 Å². The molecule has 4 nitrogen and oxygen atoms in total. The van der Waals surface area contributed by atoms with Crippen LogP contribution in [0.15, 0.2) is 11.8 Å². The van der Waals surface area contributed by atoms with Crippen LogP contribution in [-0.4, -0.2) is 34.5 Å². The standard InChI is InChI=1S/C18H20F6N2O2S/c1-9(27)6-10-11(16(19,20)21)15(7-25,18(22,23)24)8-29-17(26-10)13(2,3)12(28)14(17,4)5/h6,11,26H,8H2,1-5H3/b10-6-. The first-order valence-electron chi connectivity index (χ1n) is 8.56. The van der Waals surface area contributed by atoms with Gasteiger partial charge in [0.25, 0.3) is 0 Å². The predicted molar refractivity (Wildman–Crippen MR) is 93.3 cm³/mol. The number of nitrogens with one attached hydrogen (secondary N) is 1. The minimum Gasteiger partial charge on any atom is -0.372 e. The molecule has 0 radical (unpaired) electrons. The summed E-state index contributed by atoms with van der Waals surface area (Å²) in [5.74, 6) is -5.83. The van der Waals surface area contributed by atoms with Crippen molar-refractivity contribution in [1.29, 1.82) is 5.26 Å². The van der Waals surface area contributed by atoms with E-state index in [0.717, 1.165) is 13.0 Å². The molecular formula is C18H20F6N2O2S. The minimum atomic E-state index is -5.54. The molecule has 2 atom stereocenters. The Labute approximate surface area is 168 Å². The van der Waals surface area contributed by atoms with E-state index in [9.17, 15) is 41.2 Å². The summed E-state index contributed by atoms with van der Waals surface area (Å²) in [4.78, 5) is 22.6. The van der Waals surface area contributed by atoms with Gasteiger partial charge in [0.15, 0.2) is 17.0 Å². The molecule has 162 valence electrons. The molecule has 2 rings (SSSR count). The average molecular weight is 442 g/mol. The Balaban J connectivity index is 2.88. The molecule has 11 heteroatoms. The van der Waals surface area contributed by atoms with E-state index in [4.69, 9.17) is 0 Å². The maximum Gasteiger partial charge on any atom is 0.409 e. The Morgan fingerprint density at radius 1 is 1.17 bits per heavy atom. The van der Waals surface area contributed by atoms with Gasteiger partial charge in [-0.05, 0) is 34.6 Å². The highest BCUT2D eigenvalue weighted by atomic mass is 32.2. The van der Waals surface area contributed by atoms with Gasteiger partial charge in [-0.2, -0.15) is 31.6 Å². The Kier molecular flexibility index (Phi) is 5.20. The van der Waals surface area contributed by atoms with E-state index in [1.54, 1.807) is 0 Å². The zero-order valence-electron chi connectivity index (χ0n) is 16.3. The second-order valence-electron chi connectivity index (χ2n) is 8.44. The lowest BCUT2D eigenvalue weighted by Crippen LogP contribution is -2.78. The third kappa shape index (κ3) is 2.97. The molecule has 1 saturated carbocycles. The molecule has 0 aromatic heterocycles. The molecule has 29 heavy (non-hydrogen) atoms. The normalized spacial score (nSPS) is 32.1. The number of thioether (sulfide) groups is 1. The lowest BCUT2D eigenvalue weighted by Gasteiger charge is -2.65. The van der Waals surface area contributed by atoms with Crippen LogP contribution in [0.4, 0.5) is 26.3 Å². The first kappa shape index (κ1) is 23.6. The van der Waals surface area contributed by atoms with Gasteiger partial charge >= 0.3 is 12.4 Å². The maximum absolute atomic E-state index is 14.0. The Morgan fingerprint density at radius 2 is 1.66 bits per heavy atom. The van der Waals surface area contributed by atoms with Crippen LogP contribution >= 0.6 is 11.8 Å². The molecule has 2 unspecified atom stereocenters. The summed E-state index contributed by atoms with van der Waals surface area (Å²) >= 11 is 0.473. The Hall–Kier alpha value is -1.70. The van der Waals surface area contributed by atoms with Gasteiger partial charge in [-0.25, -0.2) is 0 Å². The first-order chi connectivity index (χ1) is 12.8. The number of alkyl halides is 6. The van der Waals surface area contributed by atoms with Gasteiger partial charge in [0, 0.05) is 17.5 Å². The van der Waals surface area contributed by atoms with Gasteiger partial charge in [0.05, 0.1) is 16.9 Å². The molecule has 2 fully saturated rings.